The Hall–Kier alpha value is -1.59. The summed E-state index contributed by atoms with van der Waals surface area (Å²) in [6, 6.07) is 0.321. The lowest BCUT2D eigenvalue weighted by Crippen LogP contribution is -2.46. The highest BCUT2D eigenvalue weighted by atomic mass is 16.4. The average Bonchev–Trinajstić information content (AvgIpc) is 2.64. The summed E-state index contributed by atoms with van der Waals surface area (Å²) in [4.78, 5) is 12.9. The van der Waals surface area contributed by atoms with Crippen LogP contribution in [-0.2, 0) is 4.79 Å². The van der Waals surface area contributed by atoms with E-state index in [1.165, 1.54) is 0 Å². The molecule has 0 radical (unpaired) electrons. The van der Waals surface area contributed by atoms with Crippen molar-refractivity contribution in [3.63, 3.8) is 0 Å². The van der Waals surface area contributed by atoms with E-state index in [4.69, 9.17) is 9.52 Å². The minimum atomic E-state index is -0.756. The van der Waals surface area contributed by atoms with E-state index in [0.717, 1.165) is 13.0 Å². The van der Waals surface area contributed by atoms with Gasteiger partial charge in [-0.25, -0.2) is 0 Å². The van der Waals surface area contributed by atoms with Gasteiger partial charge in [0.2, 0.25) is 5.89 Å². The highest BCUT2D eigenvalue weighted by molar-refractivity contribution is 5.71. The van der Waals surface area contributed by atoms with Crippen LogP contribution in [0.5, 0.6) is 0 Å². The van der Waals surface area contributed by atoms with E-state index in [9.17, 15) is 4.79 Å². The molecule has 2 rings (SSSR count). The van der Waals surface area contributed by atoms with Gasteiger partial charge in [0.1, 0.15) is 0 Å². The number of hydrogen-bond acceptors (Lipinski definition) is 5. The molecule has 6 heteroatoms. The third-order valence-electron chi connectivity index (χ3n) is 3.07. The zero-order chi connectivity index (χ0) is 11.7. The highest BCUT2D eigenvalue weighted by Gasteiger charge is 2.35. The second-order valence-electron chi connectivity index (χ2n) is 4.12. The van der Waals surface area contributed by atoms with Crippen LogP contribution in [0.1, 0.15) is 25.7 Å². The van der Waals surface area contributed by atoms with Gasteiger partial charge in [-0.1, -0.05) is 5.10 Å². The Morgan fingerprint density at radius 1 is 1.56 bits per heavy atom. The third kappa shape index (κ3) is 1.87. The topological polar surface area (TPSA) is 79.5 Å². The van der Waals surface area contributed by atoms with Gasteiger partial charge < -0.3 is 14.4 Å². The first kappa shape index (κ1) is 10.9. The van der Waals surface area contributed by atoms with Gasteiger partial charge in [0.15, 0.2) is 0 Å². The molecule has 1 N–H and O–H groups in total. The second kappa shape index (κ2) is 4.11. The monoisotopic (exact) mass is 225 g/mol. The molecule has 88 valence electrons. The molecule has 2 atom stereocenters. The minimum Gasteiger partial charge on any atom is -0.481 e. The largest absolute Gasteiger partial charge is 0.481 e. The molecule has 0 amide bonds. The Bertz CT molecular complexity index is 390. The molecule has 1 aliphatic rings. The van der Waals surface area contributed by atoms with Crippen molar-refractivity contribution in [3.8, 4) is 0 Å². The van der Waals surface area contributed by atoms with Crippen LogP contribution in [0.4, 0.5) is 6.01 Å². The molecule has 1 fully saturated rings. The van der Waals surface area contributed by atoms with E-state index in [2.05, 4.69) is 10.2 Å². The highest BCUT2D eigenvalue weighted by Crippen LogP contribution is 2.27. The summed E-state index contributed by atoms with van der Waals surface area (Å²) in [5.74, 6) is -0.617. The van der Waals surface area contributed by atoms with Gasteiger partial charge >= 0.3 is 12.0 Å². The number of hydrogen-bond donors (Lipinski definition) is 1. The summed E-state index contributed by atoms with van der Waals surface area (Å²) in [5, 5.41) is 16.8. The fourth-order valence-corrected chi connectivity index (χ4v) is 2.15. The van der Waals surface area contributed by atoms with Gasteiger partial charge in [0.25, 0.3) is 0 Å². The maximum absolute atomic E-state index is 11.1. The number of piperidine rings is 1. The summed E-state index contributed by atoms with van der Waals surface area (Å²) < 4.78 is 5.33. The van der Waals surface area contributed by atoms with Gasteiger partial charge in [0, 0.05) is 19.5 Å². The first-order chi connectivity index (χ1) is 7.59. The maximum atomic E-state index is 11.1. The van der Waals surface area contributed by atoms with Crippen molar-refractivity contribution in [2.24, 2.45) is 5.92 Å². The SMILES string of the molecule is Cc1nnc(N2CCC[C@@H](C(=O)O)[C@H]2C)o1. The zero-order valence-corrected chi connectivity index (χ0v) is 9.38. The normalized spacial score (nSPS) is 25.8. The first-order valence-electron chi connectivity index (χ1n) is 5.39. The number of rotatable bonds is 2. The summed E-state index contributed by atoms with van der Waals surface area (Å²) in [5.41, 5.74) is 0. The van der Waals surface area contributed by atoms with Crippen LogP contribution in [-0.4, -0.2) is 33.9 Å². The lowest BCUT2D eigenvalue weighted by Gasteiger charge is -2.35. The van der Waals surface area contributed by atoms with Gasteiger partial charge in [-0.2, -0.15) is 0 Å². The molecular formula is C10H15N3O3. The van der Waals surface area contributed by atoms with Crippen LogP contribution in [0.25, 0.3) is 0 Å². The summed E-state index contributed by atoms with van der Waals surface area (Å²) in [7, 11) is 0. The van der Waals surface area contributed by atoms with Crippen molar-refractivity contribution in [3.05, 3.63) is 5.89 Å². The Labute approximate surface area is 93.3 Å². The van der Waals surface area contributed by atoms with E-state index < -0.39 is 5.97 Å². The Balaban J connectivity index is 2.18. The maximum Gasteiger partial charge on any atom is 0.318 e. The van der Waals surface area contributed by atoms with Gasteiger partial charge in [-0.05, 0) is 19.8 Å². The van der Waals surface area contributed by atoms with Gasteiger partial charge in [-0.3, -0.25) is 4.79 Å². The predicted molar refractivity (Wildman–Crippen MR) is 56.2 cm³/mol. The smallest absolute Gasteiger partial charge is 0.318 e. The van der Waals surface area contributed by atoms with Crippen molar-refractivity contribution in [1.82, 2.24) is 10.2 Å². The van der Waals surface area contributed by atoms with Crippen LogP contribution in [0.3, 0.4) is 0 Å². The minimum absolute atomic E-state index is 0.105. The number of carboxylic acid groups (broad SMARTS) is 1. The van der Waals surface area contributed by atoms with Gasteiger partial charge in [0.05, 0.1) is 5.92 Å². The van der Waals surface area contributed by atoms with E-state index >= 15 is 0 Å². The van der Waals surface area contributed by atoms with E-state index in [1.807, 2.05) is 11.8 Å². The standard InChI is InChI=1S/C10H15N3O3/c1-6-8(9(14)15)4-3-5-13(6)10-12-11-7(2)16-10/h6,8H,3-5H2,1-2H3,(H,14,15)/t6-,8-/m1/s1. The molecule has 0 saturated carbocycles. The van der Waals surface area contributed by atoms with E-state index in [1.54, 1.807) is 6.92 Å². The van der Waals surface area contributed by atoms with Crippen LogP contribution < -0.4 is 4.90 Å². The molecule has 0 aromatic carbocycles. The Morgan fingerprint density at radius 3 is 2.88 bits per heavy atom. The van der Waals surface area contributed by atoms with Crippen LogP contribution in [0, 0.1) is 12.8 Å². The van der Waals surface area contributed by atoms with Crippen molar-refractivity contribution in [2.75, 3.05) is 11.4 Å². The second-order valence-corrected chi connectivity index (χ2v) is 4.12. The number of carboxylic acids is 1. The van der Waals surface area contributed by atoms with Crippen LogP contribution in [0.2, 0.25) is 0 Å². The lowest BCUT2D eigenvalue weighted by molar-refractivity contribution is -0.143. The number of aryl methyl sites for hydroxylation is 1. The fourth-order valence-electron chi connectivity index (χ4n) is 2.15. The van der Waals surface area contributed by atoms with Crippen LogP contribution in [0.15, 0.2) is 4.42 Å². The number of anilines is 1. The number of aliphatic carboxylic acids is 1. The van der Waals surface area contributed by atoms with Crippen LogP contribution >= 0.6 is 0 Å². The summed E-state index contributed by atoms with van der Waals surface area (Å²) in [6.07, 6.45) is 1.54. The molecule has 1 aliphatic heterocycles. The van der Waals surface area contributed by atoms with Crippen molar-refractivity contribution < 1.29 is 14.3 Å². The summed E-state index contributed by atoms with van der Waals surface area (Å²) >= 11 is 0. The molecule has 1 aromatic rings. The molecule has 1 saturated heterocycles. The fraction of sp³-hybridized carbons (Fsp3) is 0.700. The van der Waals surface area contributed by atoms with Gasteiger partial charge in [-0.15, -0.1) is 5.10 Å². The average molecular weight is 225 g/mol. The zero-order valence-electron chi connectivity index (χ0n) is 9.38. The Morgan fingerprint density at radius 2 is 2.31 bits per heavy atom. The molecule has 0 bridgehead atoms. The number of nitrogens with zero attached hydrogens (tertiary/aromatic N) is 3. The lowest BCUT2D eigenvalue weighted by atomic mass is 9.91. The molecule has 16 heavy (non-hydrogen) atoms. The molecule has 0 aliphatic carbocycles. The van der Waals surface area contributed by atoms with E-state index in [0.29, 0.717) is 18.3 Å². The molecule has 2 heterocycles. The molecule has 1 aromatic heterocycles. The first-order valence-corrected chi connectivity index (χ1v) is 5.39. The van der Waals surface area contributed by atoms with Crippen molar-refractivity contribution in [1.29, 1.82) is 0 Å². The molecule has 6 nitrogen and oxygen atoms in total. The predicted octanol–water partition coefficient (Wildman–Crippen LogP) is 1.07. The quantitative estimate of drug-likeness (QED) is 0.810. The Kier molecular flexibility index (Phi) is 2.80. The molecule has 0 spiro atoms. The number of aromatic nitrogens is 2. The summed E-state index contributed by atoms with van der Waals surface area (Å²) in [6.45, 7) is 4.38. The van der Waals surface area contributed by atoms with E-state index in [-0.39, 0.29) is 12.0 Å². The molecular weight excluding hydrogens is 210 g/mol. The van der Waals surface area contributed by atoms with Crippen molar-refractivity contribution in [2.45, 2.75) is 32.7 Å². The molecule has 0 unspecified atom stereocenters. The number of carbonyl (C=O) groups is 1. The third-order valence-corrected chi connectivity index (χ3v) is 3.07. The van der Waals surface area contributed by atoms with Crippen molar-refractivity contribution >= 4 is 12.0 Å².